The molecule has 3 N–H and O–H groups in total. The number of sulfonamides is 1. The summed E-state index contributed by atoms with van der Waals surface area (Å²) in [5, 5.41) is 6.49. The van der Waals surface area contributed by atoms with E-state index >= 15 is 0 Å². The highest BCUT2D eigenvalue weighted by Crippen LogP contribution is 2.28. The molecule has 0 atom stereocenters. The highest BCUT2D eigenvalue weighted by atomic mass is 32.2. The third-order valence-corrected chi connectivity index (χ3v) is 4.77. The molecule has 1 fully saturated rings. The van der Waals surface area contributed by atoms with Crippen LogP contribution in [0.5, 0.6) is 0 Å². The van der Waals surface area contributed by atoms with Crippen molar-refractivity contribution in [2.45, 2.75) is 51.4 Å². The van der Waals surface area contributed by atoms with Gasteiger partial charge in [0, 0.05) is 26.7 Å². The van der Waals surface area contributed by atoms with Crippen molar-refractivity contribution in [1.29, 1.82) is 0 Å². The zero-order valence-electron chi connectivity index (χ0n) is 14.0. The molecule has 0 aromatic carbocycles. The average molecular weight is 333 g/mol. The van der Waals surface area contributed by atoms with Gasteiger partial charge in [-0.05, 0) is 18.8 Å². The van der Waals surface area contributed by atoms with E-state index in [0.29, 0.717) is 13.1 Å². The Bertz CT molecular complexity index is 417. The van der Waals surface area contributed by atoms with Crippen LogP contribution < -0.4 is 15.4 Å². The van der Waals surface area contributed by atoms with Crippen LogP contribution in [0.15, 0.2) is 4.99 Å². The Morgan fingerprint density at radius 2 is 1.68 bits per heavy atom. The molecule has 0 saturated heterocycles. The molecular formula is C15H32N4O2S. The Morgan fingerprint density at radius 3 is 2.27 bits per heavy atom. The predicted octanol–water partition coefficient (Wildman–Crippen LogP) is 1.45. The van der Waals surface area contributed by atoms with E-state index in [0.717, 1.165) is 24.8 Å². The number of aliphatic imine (C=N–C) groups is 1. The Labute approximate surface area is 135 Å². The molecule has 0 radical (unpaired) electrons. The summed E-state index contributed by atoms with van der Waals surface area (Å²) >= 11 is 0. The summed E-state index contributed by atoms with van der Waals surface area (Å²) in [5.41, 5.74) is 0. The fraction of sp³-hybridized carbons (Fsp3) is 0.933. The quantitative estimate of drug-likeness (QED) is 0.321. The number of unbranched alkanes of at least 4 members (excludes halogenated alkanes) is 1. The lowest BCUT2D eigenvalue weighted by Gasteiger charge is -2.12. The fourth-order valence-electron chi connectivity index (χ4n) is 2.84. The third-order valence-electron chi connectivity index (χ3n) is 4.04. The molecule has 1 rings (SSSR count). The van der Waals surface area contributed by atoms with E-state index in [-0.39, 0.29) is 0 Å². The molecule has 0 unspecified atom stereocenters. The van der Waals surface area contributed by atoms with Crippen LogP contribution in [0, 0.1) is 5.92 Å². The number of nitrogens with one attached hydrogen (secondary N) is 3. The van der Waals surface area contributed by atoms with Gasteiger partial charge in [0.1, 0.15) is 0 Å². The largest absolute Gasteiger partial charge is 0.356 e. The second-order valence-electron chi connectivity index (χ2n) is 6.09. The minimum Gasteiger partial charge on any atom is -0.356 e. The van der Waals surface area contributed by atoms with Crippen LogP contribution in [0.2, 0.25) is 0 Å². The number of hydrogen-bond acceptors (Lipinski definition) is 3. The minimum absolute atomic E-state index is 0.449. The van der Waals surface area contributed by atoms with Gasteiger partial charge in [0.05, 0.1) is 6.26 Å². The molecule has 7 heteroatoms. The van der Waals surface area contributed by atoms with Crippen molar-refractivity contribution in [3.63, 3.8) is 0 Å². The van der Waals surface area contributed by atoms with Crippen molar-refractivity contribution < 1.29 is 8.42 Å². The van der Waals surface area contributed by atoms with Crippen molar-refractivity contribution in [3.05, 3.63) is 0 Å². The van der Waals surface area contributed by atoms with Crippen LogP contribution in [0.4, 0.5) is 0 Å². The Balaban J connectivity index is 1.97. The zero-order chi connectivity index (χ0) is 16.3. The van der Waals surface area contributed by atoms with Crippen molar-refractivity contribution in [2.24, 2.45) is 10.9 Å². The summed E-state index contributed by atoms with van der Waals surface area (Å²) in [6, 6.07) is 0. The topological polar surface area (TPSA) is 82.6 Å². The maximum Gasteiger partial charge on any atom is 0.208 e. The Kier molecular flexibility index (Phi) is 9.47. The van der Waals surface area contributed by atoms with Gasteiger partial charge in [-0.3, -0.25) is 4.99 Å². The lowest BCUT2D eigenvalue weighted by Crippen LogP contribution is -2.39. The number of rotatable bonds is 10. The molecule has 0 amide bonds. The van der Waals surface area contributed by atoms with E-state index in [2.05, 4.69) is 20.3 Å². The lowest BCUT2D eigenvalue weighted by molar-refractivity contribution is 0.472. The molecule has 1 aliphatic rings. The molecule has 0 heterocycles. The van der Waals surface area contributed by atoms with E-state index in [1.807, 2.05) is 0 Å². The van der Waals surface area contributed by atoms with Crippen LogP contribution in [0.25, 0.3) is 0 Å². The first-order valence-electron chi connectivity index (χ1n) is 8.40. The molecule has 0 aromatic rings. The van der Waals surface area contributed by atoms with Crippen LogP contribution in [0.1, 0.15) is 51.4 Å². The first-order chi connectivity index (χ1) is 10.5. The van der Waals surface area contributed by atoms with Gasteiger partial charge in [-0.2, -0.15) is 0 Å². The molecule has 0 spiro atoms. The van der Waals surface area contributed by atoms with Gasteiger partial charge < -0.3 is 10.6 Å². The minimum atomic E-state index is -3.08. The molecule has 0 bridgehead atoms. The van der Waals surface area contributed by atoms with E-state index in [1.54, 1.807) is 7.05 Å². The molecule has 130 valence electrons. The maximum atomic E-state index is 10.9. The summed E-state index contributed by atoms with van der Waals surface area (Å²) in [5.74, 6) is 1.76. The summed E-state index contributed by atoms with van der Waals surface area (Å²) < 4.78 is 24.3. The van der Waals surface area contributed by atoms with Crippen LogP contribution >= 0.6 is 0 Å². The van der Waals surface area contributed by atoms with Crippen LogP contribution in [-0.2, 0) is 10.0 Å². The average Bonchev–Trinajstić information content (AvgIpc) is 2.96. The third kappa shape index (κ3) is 10.00. The van der Waals surface area contributed by atoms with Crippen LogP contribution in [0.3, 0.4) is 0 Å². The molecule has 1 saturated carbocycles. The van der Waals surface area contributed by atoms with E-state index in [4.69, 9.17) is 0 Å². The molecule has 0 aliphatic heterocycles. The van der Waals surface area contributed by atoms with Gasteiger partial charge in [0.25, 0.3) is 0 Å². The van der Waals surface area contributed by atoms with Crippen LogP contribution in [-0.4, -0.2) is 47.3 Å². The summed E-state index contributed by atoms with van der Waals surface area (Å²) in [4.78, 5) is 4.17. The van der Waals surface area contributed by atoms with E-state index in [1.165, 1.54) is 51.2 Å². The fourth-order valence-corrected chi connectivity index (χ4v) is 3.35. The second kappa shape index (κ2) is 10.8. The summed E-state index contributed by atoms with van der Waals surface area (Å²) in [7, 11) is -1.33. The number of nitrogens with zero attached hydrogens (tertiary/aromatic N) is 1. The van der Waals surface area contributed by atoms with Crippen molar-refractivity contribution in [3.8, 4) is 0 Å². The van der Waals surface area contributed by atoms with Gasteiger partial charge >= 0.3 is 0 Å². The first kappa shape index (κ1) is 19.2. The SMILES string of the molecule is CN=C(NCCCCC1CCCC1)NCCCNS(C)(=O)=O. The lowest BCUT2D eigenvalue weighted by atomic mass is 10.0. The first-order valence-corrected chi connectivity index (χ1v) is 10.3. The van der Waals surface area contributed by atoms with Gasteiger partial charge in [0.15, 0.2) is 5.96 Å². The van der Waals surface area contributed by atoms with E-state index in [9.17, 15) is 8.42 Å². The maximum absolute atomic E-state index is 10.9. The summed E-state index contributed by atoms with van der Waals surface area (Å²) in [6.07, 6.45) is 11.4. The number of hydrogen-bond donors (Lipinski definition) is 3. The predicted molar refractivity (Wildman–Crippen MR) is 92.6 cm³/mol. The molecule has 1 aliphatic carbocycles. The van der Waals surface area contributed by atoms with Gasteiger partial charge in [-0.15, -0.1) is 0 Å². The van der Waals surface area contributed by atoms with Crippen molar-refractivity contribution >= 4 is 16.0 Å². The number of guanidine groups is 1. The molecule has 6 nitrogen and oxygen atoms in total. The summed E-state index contributed by atoms with van der Waals surface area (Å²) in [6.45, 7) is 2.09. The molecule has 0 aromatic heterocycles. The highest BCUT2D eigenvalue weighted by Gasteiger charge is 2.13. The van der Waals surface area contributed by atoms with Gasteiger partial charge in [0.2, 0.25) is 10.0 Å². The smallest absolute Gasteiger partial charge is 0.208 e. The highest BCUT2D eigenvalue weighted by molar-refractivity contribution is 7.88. The van der Waals surface area contributed by atoms with Crippen molar-refractivity contribution in [1.82, 2.24) is 15.4 Å². The van der Waals surface area contributed by atoms with Gasteiger partial charge in [-0.1, -0.05) is 38.5 Å². The monoisotopic (exact) mass is 332 g/mol. The van der Waals surface area contributed by atoms with Crippen molar-refractivity contribution in [2.75, 3.05) is 32.9 Å². The standard InChI is InChI=1S/C15H32N4O2S/c1-16-15(18-12-7-13-19-22(2,20)21)17-11-6-5-10-14-8-3-4-9-14/h14,19H,3-13H2,1-2H3,(H2,16,17,18). The van der Waals surface area contributed by atoms with Gasteiger partial charge in [-0.25, -0.2) is 13.1 Å². The van der Waals surface area contributed by atoms with E-state index < -0.39 is 10.0 Å². The molecule has 22 heavy (non-hydrogen) atoms. The Morgan fingerprint density at radius 1 is 1.05 bits per heavy atom. The Hall–Kier alpha value is -0.820. The molecular weight excluding hydrogens is 300 g/mol. The second-order valence-corrected chi connectivity index (χ2v) is 7.93. The zero-order valence-corrected chi connectivity index (χ0v) is 14.8. The normalized spacial score (nSPS) is 16.9.